The number of halogens is 1. The number of nitrogens with zero attached hydrogens (tertiary/aromatic N) is 2. The van der Waals surface area contributed by atoms with E-state index in [1.54, 1.807) is 36.5 Å². The van der Waals surface area contributed by atoms with Crippen LogP contribution in [0.25, 0.3) is 10.9 Å². The Kier molecular flexibility index (Phi) is 4.48. The largest absolute Gasteiger partial charge is 0.479 e. The molecule has 1 heterocycles. The molecule has 0 fully saturated rings. The van der Waals surface area contributed by atoms with E-state index in [1.807, 2.05) is 12.1 Å². The average molecular weight is 345 g/mol. The summed E-state index contributed by atoms with van der Waals surface area (Å²) in [7, 11) is 0. The van der Waals surface area contributed by atoms with Gasteiger partial charge in [-0.3, -0.25) is 0 Å². The van der Waals surface area contributed by atoms with Crippen molar-refractivity contribution in [2.75, 3.05) is 0 Å². The minimum absolute atomic E-state index is 0.170. The first-order chi connectivity index (χ1) is 11.5. The van der Waals surface area contributed by atoms with E-state index < -0.39 is 12.1 Å². The molecule has 1 unspecified atom stereocenters. The second-order valence-corrected chi connectivity index (χ2v) is 5.41. The van der Waals surface area contributed by atoms with Gasteiger partial charge in [-0.05, 0) is 37.3 Å². The molecule has 3 aromatic rings. The molecule has 0 aliphatic rings. The molecule has 0 spiro atoms. The number of carbonyl (C=O) groups is 1. The van der Waals surface area contributed by atoms with Crippen LogP contribution in [0.5, 0.6) is 17.5 Å². The molecule has 1 atom stereocenters. The predicted molar refractivity (Wildman–Crippen MR) is 88.8 cm³/mol. The van der Waals surface area contributed by atoms with Crippen LogP contribution < -0.4 is 9.47 Å². The molecule has 0 saturated carbocycles. The number of carboxylic acid groups (broad SMARTS) is 1. The van der Waals surface area contributed by atoms with Crippen molar-refractivity contribution >= 4 is 28.5 Å². The number of rotatable bonds is 5. The summed E-state index contributed by atoms with van der Waals surface area (Å²) in [5, 5.41) is 10.2. The zero-order valence-electron chi connectivity index (χ0n) is 12.6. The highest BCUT2D eigenvalue weighted by Gasteiger charge is 2.12. The maximum Gasteiger partial charge on any atom is 0.344 e. The average Bonchev–Trinajstić information content (AvgIpc) is 2.57. The zero-order valence-corrected chi connectivity index (χ0v) is 13.4. The number of hydrogen-bond acceptors (Lipinski definition) is 5. The van der Waals surface area contributed by atoms with Crippen LogP contribution in [0, 0.1) is 0 Å². The van der Waals surface area contributed by atoms with E-state index in [0.29, 0.717) is 22.0 Å². The van der Waals surface area contributed by atoms with Crippen LogP contribution in [0.4, 0.5) is 0 Å². The van der Waals surface area contributed by atoms with Crippen LogP contribution in [0.2, 0.25) is 5.02 Å². The summed E-state index contributed by atoms with van der Waals surface area (Å²) in [6, 6.07) is 12.1. The summed E-state index contributed by atoms with van der Waals surface area (Å²) in [6.45, 7) is 1.46. The number of fused-ring (bicyclic) bond motifs is 1. The first-order valence-electron chi connectivity index (χ1n) is 7.11. The molecule has 0 saturated heterocycles. The number of aromatic nitrogens is 2. The van der Waals surface area contributed by atoms with Crippen molar-refractivity contribution in [2.45, 2.75) is 13.0 Å². The van der Waals surface area contributed by atoms with Crippen LogP contribution in [0.15, 0.2) is 48.7 Å². The minimum atomic E-state index is -1.03. The lowest BCUT2D eigenvalue weighted by atomic mass is 10.2. The molecule has 6 nitrogen and oxygen atoms in total. The third-order valence-electron chi connectivity index (χ3n) is 3.23. The van der Waals surface area contributed by atoms with Crippen LogP contribution in [-0.2, 0) is 4.79 Å². The summed E-state index contributed by atoms with van der Waals surface area (Å²) in [4.78, 5) is 19.2. The van der Waals surface area contributed by atoms with Crippen molar-refractivity contribution in [1.29, 1.82) is 0 Å². The summed E-state index contributed by atoms with van der Waals surface area (Å²) in [5.74, 6) is -0.103. The van der Waals surface area contributed by atoms with Gasteiger partial charge in [0.2, 0.25) is 0 Å². The topological polar surface area (TPSA) is 81.5 Å². The highest BCUT2D eigenvalue weighted by molar-refractivity contribution is 6.35. The number of hydrogen-bond donors (Lipinski definition) is 1. The molecule has 1 N–H and O–H groups in total. The van der Waals surface area contributed by atoms with Crippen molar-refractivity contribution in [3.63, 3.8) is 0 Å². The van der Waals surface area contributed by atoms with Gasteiger partial charge in [0.15, 0.2) is 6.10 Å². The number of carboxylic acids is 1. The van der Waals surface area contributed by atoms with E-state index in [9.17, 15) is 4.79 Å². The Morgan fingerprint density at radius 3 is 2.58 bits per heavy atom. The minimum Gasteiger partial charge on any atom is -0.479 e. The van der Waals surface area contributed by atoms with Gasteiger partial charge in [-0.2, -0.15) is 4.98 Å². The fourth-order valence-corrected chi connectivity index (χ4v) is 2.22. The van der Waals surface area contributed by atoms with Crippen LogP contribution in [0.1, 0.15) is 6.92 Å². The van der Waals surface area contributed by atoms with Crippen molar-refractivity contribution < 1.29 is 19.4 Å². The molecule has 3 rings (SSSR count). The van der Waals surface area contributed by atoms with Gasteiger partial charge in [0, 0.05) is 11.6 Å². The van der Waals surface area contributed by atoms with Gasteiger partial charge in [-0.15, -0.1) is 0 Å². The Hall–Kier alpha value is -2.86. The lowest BCUT2D eigenvalue weighted by Gasteiger charge is -2.11. The Labute approximate surface area is 142 Å². The van der Waals surface area contributed by atoms with Crippen LogP contribution in [0.3, 0.4) is 0 Å². The lowest BCUT2D eigenvalue weighted by Crippen LogP contribution is -2.22. The molecular weight excluding hydrogens is 332 g/mol. The predicted octanol–water partition coefficient (Wildman–Crippen LogP) is 3.93. The molecule has 0 radical (unpaired) electrons. The molecule has 24 heavy (non-hydrogen) atoms. The summed E-state index contributed by atoms with van der Waals surface area (Å²) >= 11 is 6.12. The number of aliphatic carboxylic acids is 1. The number of para-hydroxylation sites is 1. The van der Waals surface area contributed by atoms with Crippen molar-refractivity contribution in [3.05, 3.63) is 53.7 Å². The fourth-order valence-electron chi connectivity index (χ4n) is 2.00. The standard InChI is InChI=1S/C17H13ClN2O4/c1-10(16(21)22)23-12-5-7-13(8-6-12)24-17-19-9-11-3-2-4-14(18)15(11)20-17/h2-10H,1H3,(H,21,22). The van der Waals surface area contributed by atoms with Crippen LogP contribution in [-0.4, -0.2) is 27.1 Å². The summed E-state index contributed by atoms with van der Waals surface area (Å²) < 4.78 is 10.8. The van der Waals surface area contributed by atoms with E-state index in [2.05, 4.69) is 9.97 Å². The molecule has 0 aliphatic heterocycles. The van der Waals surface area contributed by atoms with Crippen molar-refractivity contribution in [2.24, 2.45) is 0 Å². The van der Waals surface area contributed by atoms with Gasteiger partial charge >= 0.3 is 12.0 Å². The SMILES string of the molecule is CC(Oc1ccc(Oc2ncc3cccc(Cl)c3n2)cc1)C(=O)O. The van der Waals surface area contributed by atoms with E-state index in [1.165, 1.54) is 6.92 Å². The maximum absolute atomic E-state index is 10.8. The molecule has 1 aromatic heterocycles. The van der Waals surface area contributed by atoms with Crippen molar-refractivity contribution in [1.82, 2.24) is 9.97 Å². The fraction of sp³-hybridized carbons (Fsp3) is 0.118. The lowest BCUT2D eigenvalue weighted by molar-refractivity contribution is -0.144. The molecule has 122 valence electrons. The quantitative estimate of drug-likeness (QED) is 0.755. The van der Waals surface area contributed by atoms with Gasteiger partial charge in [-0.1, -0.05) is 23.7 Å². The number of benzene rings is 2. The molecular formula is C17H13ClN2O4. The van der Waals surface area contributed by atoms with Gasteiger partial charge in [0.05, 0.1) is 10.5 Å². The Morgan fingerprint density at radius 1 is 1.17 bits per heavy atom. The highest BCUT2D eigenvalue weighted by Crippen LogP contribution is 2.26. The second kappa shape index (κ2) is 6.72. The second-order valence-electron chi connectivity index (χ2n) is 5.00. The summed E-state index contributed by atoms with van der Waals surface area (Å²) in [5.41, 5.74) is 0.611. The first-order valence-corrected chi connectivity index (χ1v) is 7.49. The van der Waals surface area contributed by atoms with E-state index >= 15 is 0 Å². The Balaban J connectivity index is 1.76. The van der Waals surface area contributed by atoms with Gasteiger partial charge in [-0.25, -0.2) is 9.78 Å². The van der Waals surface area contributed by atoms with E-state index in [-0.39, 0.29) is 6.01 Å². The molecule has 2 aromatic carbocycles. The normalized spacial score (nSPS) is 11.9. The van der Waals surface area contributed by atoms with Gasteiger partial charge in [0.1, 0.15) is 11.5 Å². The van der Waals surface area contributed by atoms with Gasteiger partial charge in [0.25, 0.3) is 0 Å². The van der Waals surface area contributed by atoms with E-state index in [4.69, 9.17) is 26.2 Å². The maximum atomic E-state index is 10.8. The first kappa shape index (κ1) is 16.0. The molecule has 7 heteroatoms. The molecule has 0 bridgehead atoms. The third-order valence-corrected chi connectivity index (χ3v) is 3.54. The molecule has 0 aliphatic carbocycles. The van der Waals surface area contributed by atoms with Gasteiger partial charge < -0.3 is 14.6 Å². The number of ether oxygens (including phenoxy) is 2. The summed E-state index contributed by atoms with van der Waals surface area (Å²) in [6.07, 6.45) is 0.706. The highest BCUT2D eigenvalue weighted by atomic mass is 35.5. The zero-order chi connectivity index (χ0) is 17.1. The van der Waals surface area contributed by atoms with Crippen LogP contribution >= 0.6 is 11.6 Å². The monoisotopic (exact) mass is 344 g/mol. The Bertz CT molecular complexity index is 883. The molecule has 0 amide bonds. The Morgan fingerprint density at radius 2 is 1.88 bits per heavy atom. The third kappa shape index (κ3) is 3.55. The van der Waals surface area contributed by atoms with E-state index in [0.717, 1.165) is 5.39 Å². The smallest absolute Gasteiger partial charge is 0.344 e. The van der Waals surface area contributed by atoms with Crippen molar-refractivity contribution in [3.8, 4) is 17.5 Å².